The molecule has 1 fully saturated rings. The third-order valence-electron chi connectivity index (χ3n) is 8.22. The number of rotatable bonds is 3. The molecule has 0 saturated carbocycles. The summed E-state index contributed by atoms with van der Waals surface area (Å²) in [4.78, 5) is 49.8. The zero-order chi connectivity index (χ0) is 25.0. The molecule has 1 aliphatic carbocycles. The average molecular weight is 480 g/mol. The van der Waals surface area contributed by atoms with Crippen LogP contribution in [-0.4, -0.2) is 40.7 Å². The number of piperidine rings is 1. The van der Waals surface area contributed by atoms with E-state index in [1.165, 1.54) is 4.90 Å². The van der Waals surface area contributed by atoms with E-state index in [0.29, 0.717) is 22.9 Å². The number of aromatic nitrogens is 1. The number of nitrogens with zero attached hydrogens (tertiary/aromatic N) is 3. The molecule has 0 spiro atoms. The molecule has 1 aromatic heterocycles. The topological polar surface area (TPSA) is 70.6 Å². The molecule has 0 N–H and O–H groups in total. The molecular weight excluding hydrogens is 450 g/mol. The normalized spacial score (nSPS) is 25.3. The van der Waals surface area contributed by atoms with E-state index in [-0.39, 0.29) is 17.7 Å². The molecular formula is C30H29N3O3. The van der Waals surface area contributed by atoms with Crippen molar-refractivity contribution in [2.45, 2.75) is 50.5 Å². The molecule has 4 atom stereocenters. The lowest BCUT2D eigenvalue weighted by molar-refractivity contribution is -0.134. The van der Waals surface area contributed by atoms with E-state index in [1.54, 1.807) is 24.1 Å². The van der Waals surface area contributed by atoms with Gasteiger partial charge in [-0.25, -0.2) is 4.90 Å². The molecule has 3 amide bonds. The van der Waals surface area contributed by atoms with Crippen molar-refractivity contribution < 1.29 is 14.4 Å². The summed E-state index contributed by atoms with van der Waals surface area (Å²) in [5, 5.41) is 0. The van der Waals surface area contributed by atoms with Crippen LogP contribution in [0.15, 0.2) is 66.7 Å². The molecule has 3 aromatic rings. The Morgan fingerprint density at radius 1 is 0.917 bits per heavy atom. The highest BCUT2D eigenvalue weighted by molar-refractivity contribution is 6.22. The average Bonchev–Trinajstić information content (AvgIpc) is 2.91. The van der Waals surface area contributed by atoms with Crippen LogP contribution in [-0.2, 0) is 22.4 Å². The Labute approximate surface area is 210 Å². The third-order valence-corrected chi connectivity index (χ3v) is 8.22. The molecule has 6 heteroatoms. The van der Waals surface area contributed by atoms with E-state index in [1.807, 2.05) is 54.6 Å². The summed E-state index contributed by atoms with van der Waals surface area (Å²) in [6.07, 6.45) is 3.92. The lowest BCUT2D eigenvalue weighted by Crippen LogP contribution is -2.62. The molecule has 4 unspecified atom stereocenters. The molecule has 6 rings (SSSR count). The van der Waals surface area contributed by atoms with Crippen molar-refractivity contribution >= 4 is 23.4 Å². The maximum Gasteiger partial charge on any atom is 0.255 e. The number of amides is 3. The first-order valence-corrected chi connectivity index (χ1v) is 12.8. The first-order chi connectivity index (χ1) is 17.5. The van der Waals surface area contributed by atoms with Crippen LogP contribution in [0.2, 0.25) is 0 Å². The largest absolute Gasteiger partial charge is 0.336 e. The summed E-state index contributed by atoms with van der Waals surface area (Å²) in [6, 6.07) is 19.9. The highest BCUT2D eigenvalue weighted by Crippen LogP contribution is 2.46. The number of imide groups is 1. The number of pyridine rings is 1. The number of fused-ring (bicyclic) bond motifs is 4. The molecule has 3 heterocycles. The quantitative estimate of drug-likeness (QED) is 0.519. The van der Waals surface area contributed by atoms with Crippen molar-refractivity contribution in [3.63, 3.8) is 0 Å². The van der Waals surface area contributed by atoms with Gasteiger partial charge in [0.1, 0.15) is 5.92 Å². The van der Waals surface area contributed by atoms with E-state index in [2.05, 4.69) is 6.92 Å². The first-order valence-electron chi connectivity index (χ1n) is 12.8. The Hall–Kier alpha value is -3.80. The molecule has 6 nitrogen and oxygen atoms in total. The van der Waals surface area contributed by atoms with Crippen LogP contribution in [0.4, 0.5) is 5.69 Å². The van der Waals surface area contributed by atoms with Gasteiger partial charge in [-0.3, -0.25) is 19.4 Å². The Balaban J connectivity index is 1.55. The summed E-state index contributed by atoms with van der Waals surface area (Å²) in [5.41, 5.74) is 4.45. The second-order valence-electron chi connectivity index (χ2n) is 10.2. The van der Waals surface area contributed by atoms with Gasteiger partial charge in [0.25, 0.3) is 5.91 Å². The van der Waals surface area contributed by atoms with Crippen LogP contribution in [0.25, 0.3) is 0 Å². The molecule has 2 aromatic carbocycles. The Bertz CT molecular complexity index is 1350. The van der Waals surface area contributed by atoms with Crippen LogP contribution in [0.3, 0.4) is 0 Å². The van der Waals surface area contributed by atoms with Gasteiger partial charge in [-0.2, -0.15) is 0 Å². The predicted molar refractivity (Wildman–Crippen MR) is 137 cm³/mol. The molecule has 2 aliphatic heterocycles. The van der Waals surface area contributed by atoms with E-state index in [4.69, 9.17) is 4.98 Å². The SMILES string of the molecule is CCC1CCc2nc3c(cc2C1)C(=O)N(C)C1C(c2ccccc2)C(=O)N(c2ccccc2)C(=O)C31. The minimum absolute atomic E-state index is 0.171. The van der Waals surface area contributed by atoms with E-state index in [9.17, 15) is 14.4 Å². The van der Waals surface area contributed by atoms with Gasteiger partial charge in [-0.1, -0.05) is 61.9 Å². The lowest BCUT2D eigenvalue weighted by atomic mass is 9.72. The van der Waals surface area contributed by atoms with Gasteiger partial charge in [0, 0.05) is 12.7 Å². The monoisotopic (exact) mass is 479 g/mol. The van der Waals surface area contributed by atoms with Gasteiger partial charge in [-0.15, -0.1) is 0 Å². The number of aryl methyl sites for hydroxylation is 1. The fourth-order valence-corrected chi connectivity index (χ4v) is 6.27. The van der Waals surface area contributed by atoms with Crippen LogP contribution in [0, 0.1) is 5.92 Å². The minimum Gasteiger partial charge on any atom is -0.336 e. The van der Waals surface area contributed by atoms with Crippen molar-refractivity contribution in [3.05, 3.63) is 94.8 Å². The molecule has 1 saturated heterocycles. The minimum atomic E-state index is -0.722. The van der Waals surface area contributed by atoms with Gasteiger partial charge in [0.15, 0.2) is 0 Å². The van der Waals surface area contributed by atoms with Gasteiger partial charge in [-0.05, 0) is 54.5 Å². The predicted octanol–water partition coefficient (Wildman–Crippen LogP) is 4.49. The van der Waals surface area contributed by atoms with Crippen LogP contribution in [0.5, 0.6) is 0 Å². The number of para-hydroxylation sites is 1. The zero-order valence-electron chi connectivity index (χ0n) is 20.6. The summed E-state index contributed by atoms with van der Waals surface area (Å²) < 4.78 is 0. The van der Waals surface area contributed by atoms with Crippen molar-refractivity contribution in [2.24, 2.45) is 5.92 Å². The van der Waals surface area contributed by atoms with Gasteiger partial charge in [0.05, 0.1) is 28.9 Å². The van der Waals surface area contributed by atoms with Gasteiger partial charge >= 0.3 is 0 Å². The maximum absolute atomic E-state index is 14.2. The number of anilines is 1. The molecule has 0 bridgehead atoms. The van der Waals surface area contributed by atoms with Crippen LogP contribution >= 0.6 is 0 Å². The molecule has 36 heavy (non-hydrogen) atoms. The molecule has 182 valence electrons. The maximum atomic E-state index is 14.2. The summed E-state index contributed by atoms with van der Waals surface area (Å²) in [7, 11) is 1.71. The number of likely N-dealkylation sites (N-methyl/N-ethyl adjacent to an activating group) is 1. The number of carbonyl (C=O) groups excluding carboxylic acids is 3. The fraction of sp³-hybridized carbons (Fsp3) is 0.333. The Morgan fingerprint density at radius 3 is 2.28 bits per heavy atom. The Kier molecular flexibility index (Phi) is 5.47. The van der Waals surface area contributed by atoms with Crippen LogP contribution < -0.4 is 4.90 Å². The van der Waals surface area contributed by atoms with Crippen molar-refractivity contribution in [1.29, 1.82) is 0 Å². The number of benzene rings is 2. The van der Waals surface area contributed by atoms with E-state index < -0.39 is 17.9 Å². The number of carbonyl (C=O) groups is 3. The summed E-state index contributed by atoms with van der Waals surface area (Å²) in [6.45, 7) is 2.20. The first kappa shape index (κ1) is 22.7. The second-order valence-corrected chi connectivity index (χ2v) is 10.2. The third kappa shape index (κ3) is 3.39. The number of hydrogen-bond acceptors (Lipinski definition) is 4. The van der Waals surface area contributed by atoms with Crippen molar-refractivity contribution in [3.8, 4) is 0 Å². The van der Waals surface area contributed by atoms with Crippen molar-refractivity contribution in [2.75, 3.05) is 11.9 Å². The fourth-order valence-electron chi connectivity index (χ4n) is 6.27. The standard InChI is InChI=1S/C30H29N3O3/c1-3-18-14-15-23-20(16-18)17-22-26(31-23)25-27(32(2)28(22)34)24(19-10-6-4-7-11-19)29(35)33(30(25)36)21-12-8-5-9-13-21/h4-13,17-18,24-25,27H,3,14-16H2,1-2H3. The van der Waals surface area contributed by atoms with E-state index in [0.717, 1.165) is 42.5 Å². The smallest absolute Gasteiger partial charge is 0.255 e. The summed E-state index contributed by atoms with van der Waals surface area (Å²) in [5.74, 6) is -1.62. The summed E-state index contributed by atoms with van der Waals surface area (Å²) >= 11 is 0. The highest BCUT2D eigenvalue weighted by Gasteiger charge is 2.56. The molecule has 3 aliphatic rings. The zero-order valence-corrected chi connectivity index (χ0v) is 20.6. The number of hydrogen-bond donors (Lipinski definition) is 0. The van der Waals surface area contributed by atoms with Crippen LogP contribution in [0.1, 0.15) is 64.5 Å². The molecule has 0 radical (unpaired) electrons. The second kappa shape index (κ2) is 8.70. The van der Waals surface area contributed by atoms with Crippen molar-refractivity contribution in [1.82, 2.24) is 9.88 Å². The lowest BCUT2D eigenvalue weighted by Gasteiger charge is -2.48. The van der Waals surface area contributed by atoms with Gasteiger partial charge in [0.2, 0.25) is 11.8 Å². The Morgan fingerprint density at radius 2 is 1.58 bits per heavy atom. The van der Waals surface area contributed by atoms with E-state index >= 15 is 0 Å². The van der Waals surface area contributed by atoms with Gasteiger partial charge < -0.3 is 4.90 Å². The highest BCUT2D eigenvalue weighted by atomic mass is 16.2.